The molecular formula is C14H18BrNO3. The molecular weight excluding hydrogens is 310 g/mol. The average molecular weight is 328 g/mol. The zero-order valence-electron chi connectivity index (χ0n) is 10.8. The second-order valence-electron chi connectivity index (χ2n) is 4.62. The molecule has 1 aromatic rings. The van der Waals surface area contributed by atoms with Crippen molar-refractivity contribution >= 4 is 27.6 Å². The van der Waals surface area contributed by atoms with E-state index >= 15 is 0 Å². The monoisotopic (exact) mass is 327 g/mol. The molecule has 1 fully saturated rings. The van der Waals surface area contributed by atoms with Crippen molar-refractivity contribution in [3.8, 4) is 0 Å². The van der Waals surface area contributed by atoms with Gasteiger partial charge in [-0.3, -0.25) is 4.79 Å². The molecule has 1 N–H and O–H groups in total. The summed E-state index contributed by atoms with van der Waals surface area (Å²) in [4.78, 5) is 12.9. The highest BCUT2D eigenvalue weighted by Crippen LogP contribution is 2.26. The summed E-state index contributed by atoms with van der Waals surface area (Å²) < 4.78 is 6.41. The first-order chi connectivity index (χ1) is 9.16. The molecule has 1 aliphatic rings. The Kier molecular flexibility index (Phi) is 5.22. The van der Waals surface area contributed by atoms with Gasteiger partial charge in [0.1, 0.15) is 0 Å². The average Bonchev–Trinajstić information content (AvgIpc) is 2.39. The highest BCUT2D eigenvalue weighted by molar-refractivity contribution is 9.10. The van der Waals surface area contributed by atoms with Crippen molar-refractivity contribution in [2.24, 2.45) is 0 Å². The number of benzene rings is 1. The van der Waals surface area contributed by atoms with Crippen LogP contribution in [0.2, 0.25) is 0 Å². The van der Waals surface area contributed by atoms with Crippen LogP contribution in [0, 0.1) is 0 Å². The number of hydrogen-bond acceptors (Lipinski definition) is 3. The lowest BCUT2D eigenvalue weighted by Crippen LogP contribution is -2.36. The van der Waals surface area contributed by atoms with Gasteiger partial charge < -0.3 is 14.7 Å². The maximum Gasteiger partial charge on any atom is 0.303 e. The van der Waals surface area contributed by atoms with E-state index in [-0.39, 0.29) is 6.42 Å². The van der Waals surface area contributed by atoms with Crippen molar-refractivity contribution in [1.82, 2.24) is 0 Å². The Bertz CT molecular complexity index is 444. The molecule has 0 spiro atoms. The minimum atomic E-state index is -0.733. The van der Waals surface area contributed by atoms with Crippen LogP contribution in [-0.2, 0) is 16.0 Å². The van der Waals surface area contributed by atoms with Gasteiger partial charge in [0.2, 0.25) is 0 Å². The van der Waals surface area contributed by atoms with Crippen LogP contribution in [0.4, 0.5) is 5.69 Å². The number of carbonyl (C=O) groups is 1. The van der Waals surface area contributed by atoms with Crippen LogP contribution in [0.25, 0.3) is 0 Å². The summed E-state index contributed by atoms with van der Waals surface area (Å²) in [5.74, 6) is -0.733. The molecule has 5 heteroatoms. The smallest absolute Gasteiger partial charge is 0.303 e. The van der Waals surface area contributed by atoms with E-state index in [2.05, 4.69) is 33.0 Å². The topological polar surface area (TPSA) is 49.8 Å². The molecule has 19 heavy (non-hydrogen) atoms. The van der Waals surface area contributed by atoms with E-state index < -0.39 is 5.97 Å². The number of ether oxygens (including phenoxy) is 1. The number of carboxylic acids is 1. The summed E-state index contributed by atoms with van der Waals surface area (Å²) in [6.07, 6.45) is 1.68. The van der Waals surface area contributed by atoms with Crippen molar-refractivity contribution in [3.63, 3.8) is 0 Å². The van der Waals surface area contributed by atoms with E-state index in [1.807, 2.05) is 6.07 Å². The van der Waals surface area contributed by atoms with E-state index in [9.17, 15) is 4.79 Å². The molecule has 1 aliphatic heterocycles. The Morgan fingerprint density at radius 3 is 2.79 bits per heavy atom. The molecule has 0 amide bonds. The van der Waals surface area contributed by atoms with Crippen LogP contribution < -0.4 is 4.90 Å². The summed E-state index contributed by atoms with van der Waals surface area (Å²) >= 11 is 3.48. The lowest BCUT2D eigenvalue weighted by Gasteiger charge is -2.30. The van der Waals surface area contributed by atoms with Gasteiger partial charge in [-0.05, 0) is 36.6 Å². The molecule has 4 nitrogen and oxygen atoms in total. The Balaban J connectivity index is 2.10. The summed E-state index contributed by atoms with van der Waals surface area (Å²) in [6, 6.07) is 6.23. The molecule has 1 heterocycles. The van der Waals surface area contributed by atoms with Crippen molar-refractivity contribution < 1.29 is 14.6 Å². The van der Waals surface area contributed by atoms with E-state index in [1.54, 1.807) is 0 Å². The lowest BCUT2D eigenvalue weighted by atomic mass is 10.0. The molecule has 0 unspecified atom stereocenters. The lowest BCUT2D eigenvalue weighted by molar-refractivity contribution is -0.137. The van der Waals surface area contributed by atoms with Gasteiger partial charge in [-0.1, -0.05) is 15.9 Å². The van der Waals surface area contributed by atoms with Gasteiger partial charge in [-0.2, -0.15) is 0 Å². The fourth-order valence-electron chi connectivity index (χ4n) is 2.30. The zero-order chi connectivity index (χ0) is 13.7. The van der Waals surface area contributed by atoms with Gasteiger partial charge in [-0.15, -0.1) is 0 Å². The Labute approximate surface area is 121 Å². The SMILES string of the molecule is O=C(O)CCCc1cc(Br)ccc1N1CCOCC1. The quantitative estimate of drug-likeness (QED) is 0.903. The largest absolute Gasteiger partial charge is 0.481 e. The van der Waals surface area contributed by atoms with Crippen LogP contribution in [0.15, 0.2) is 22.7 Å². The number of rotatable bonds is 5. The minimum Gasteiger partial charge on any atom is -0.481 e. The molecule has 2 rings (SSSR count). The van der Waals surface area contributed by atoms with E-state index in [1.165, 1.54) is 11.3 Å². The molecule has 104 valence electrons. The zero-order valence-corrected chi connectivity index (χ0v) is 12.4. The summed E-state index contributed by atoms with van der Waals surface area (Å²) in [5, 5.41) is 8.73. The molecule has 0 aromatic heterocycles. The summed E-state index contributed by atoms with van der Waals surface area (Å²) in [7, 11) is 0. The van der Waals surface area contributed by atoms with Gasteiger partial charge in [0, 0.05) is 29.7 Å². The van der Waals surface area contributed by atoms with Gasteiger partial charge in [0.15, 0.2) is 0 Å². The van der Waals surface area contributed by atoms with E-state index in [4.69, 9.17) is 9.84 Å². The Hall–Kier alpha value is -1.07. The van der Waals surface area contributed by atoms with Crippen LogP contribution >= 0.6 is 15.9 Å². The van der Waals surface area contributed by atoms with Crippen molar-refractivity contribution in [3.05, 3.63) is 28.2 Å². The predicted molar refractivity (Wildman–Crippen MR) is 77.7 cm³/mol. The fourth-order valence-corrected chi connectivity index (χ4v) is 2.71. The Morgan fingerprint density at radius 2 is 2.11 bits per heavy atom. The van der Waals surface area contributed by atoms with Crippen LogP contribution in [0.5, 0.6) is 0 Å². The number of halogens is 1. The number of anilines is 1. The normalized spacial score (nSPS) is 15.5. The van der Waals surface area contributed by atoms with Crippen molar-refractivity contribution in [1.29, 1.82) is 0 Å². The van der Waals surface area contributed by atoms with Gasteiger partial charge in [0.25, 0.3) is 0 Å². The van der Waals surface area contributed by atoms with Crippen molar-refractivity contribution in [2.75, 3.05) is 31.2 Å². The second-order valence-corrected chi connectivity index (χ2v) is 5.54. The standard InChI is InChI=1S/C14H18BrNO3/c15-12-4-5-13(16-6-8-19-9-7-16)11(10-12)2-1-3-14(17)18/h4-5,10H,1-3,6-9H2,(H,17,18). The molecule has 0 saturated carbocycles. The third kappa shape index (κ3) is 4.21. The van der Waals surface area contributed by atoms with E-state index in [0.29, 0.717) is 6.42 Å². The molecule has 0 aliphatic carbocycles. The third-order valence-electron chi connectivity index (χ3n) is 3.23. The third-order valence-corrected chi connectivity index (χ3v) is 3.72. The van der Waals surface area contributed by atoms with E-state index in [0.717, 1.165) is 37.2 Å². The minimum absolute atomic E-state index is 0.217. The number of hydrogen-bond donors (Lipinski definition) is 1. The second kappa shape index (κ2) is 6.91. The van der Waals surface area contributed by atoms with Gasteiger partial charge in [0.05, 0.1) is 13.2 Å². The first-order valence-corrected chi connectivity index (χ1v) is 7.29. The molecule has 0 bridgehead atoms. The molecule has 0 atom stereocenters. The molecule has 1 saturated heterocycles. The number of aliphatic carboxylic acids is 1. The van der Waals surface area contributed by atoms with Crippen LogP contribution in [0.1, 0.15) is 18.4 Å². The maximum absolute atomic E-state index is 10.6. The highest BCUT2D eigenvalue weighted by atomic mass is 79.9. The maximum atomic E-state index is 10.6. The van der Waals surface area contributed by atoms with Gasteiger partial charge in [-0.25, -0.2) is 0 Å². The molecule has 1 aromatic carbocycles. The van der Waals surface area contributed by atoms with Gasteiger partial charge >= 0.3 is 5.97 Å². The highest BCUT2D eigenvalue weighted by Gasteiger charge is 2.15. The first kappa shape index (κ1) is 14.3. The van der Waals surface area contributed by atoms with Crippen LogP contribution in [0.3, 0.4) is 0 Å². The summed E-state index contributed by atoms with van der Waals surface area (Å²) in [6.45, 7) is 3.30. The number of aryl methyl sites for hydroxylation is 1. The van der Waals surface area contributed by atoms with Crippen LogP contribution in [-0.4, -0.2) is 37.4 Å². The van der Waals surface area contributed by atoms with Crippen molar-refractivity contribution in [2.45, 2.75) is 19.3 Å². The first-order valence-electron chi connectivity index (χ1n) is 6.50. The fraction of sp³-hybridized carbons (Fsp3) is 0.500. The molecule has 0 radical (unpaired) electrons. The Morgan fingerprint density at radius 1 is 1.37 bits per heavy atom. The number of carboxylic acid groups (broad SMARTS) is 1. The number of nitrogens with zero attached hydrogens (tertiary/aromatic N) is 1. The number of morpholine rings is 1. The summed E-state index contributed by atoms with van der Waals surface area (Å²) in [5.41, 5.74) is 2.41. The predicted octanol–water partition coefficient (Wildman–Crippen LogP) is 2.69.